The zero-order chi connectivity index (χ0) is 15.1. The van der Waals surface area contributed by atoms with E-state index in [0.29, 0.717) is 25.7 Å². The van der Waals surface area contributed by atoms with Crippen LogP contribution in [0.15, 0.2) is 18.2 Å². The van der Waals surface area contributed by atoms with Crippen LogP contribution in [0.25, 0.3) is 0 Å². The second kappa shape index (κ2) is 7.97. The maximum Gasteiger partial charge on any atom is 0.272 e. The lowest BCUT2D eigenvalue weighted by molar-refractivity contribution is -0.385. The molecule has 1 atom stereocenters. The molecule has 0 aromatic heterocycles. The molecule has 0 saturated carbocycles. The van der Waals surface area contributed by atoms with E-state index in [-0.39, 0.29) is 16.7 Å². The van der Waals surface area contributed by atoms with Gasteiger partial charge in [0.2, 0.25) is 0 Å². The molecule has 0 aliphatic rings. The van der Waals surface area contributed by atoms with Gasteiger partial charge in [0, 0.05) is 30.8 Å². The van der Waals surface area contributed by atoms with Crippen molar-refractivity contribution in [2.24, 2.45) is 5.92 Å². The Bertz CT molecular complexity index is 447. The quantitative estimate of drug-likeness (QED) is 0.587. The Labute approximate surface area is 120 Å². The molecule has 1 N–H and O–H groups in total. The van der Waals surface area contributed by atoms with Crippen LogP contribution in [-0.2, 0) is 11.3 Å². The third-order valence-corrected chi connectivity index (χ3v) is 3.48. The van der Waals surface area contributed by atoms with Crippen LogP contribution in [0.1, 0.15) is 31.9 Å². The number of rotatable bonds is 8. The largest absolute Gasteiger partial charge is 0.380 e. The van der Waals surface area contributed by atoms with Crippen molar-refractivity contribution in [1.29, 1.82) is 0 Å². The Kier molecular flexibility index (Phi) is 6.61. The standard InChI is InChI=1S/C15H24N2O3/c1-5-20-10-14(11(2)3)16-9-13-7-6-8-15(12(13)4)17(18)19/h6-8,11,14,16H,5,9-10H2,1-4H3. The van der Waals surface area contributed by atoms with E-state index in [4.69, 9.17) is 4.74 Å². The monoisotopic (exact) mass is 280 g/mol. The van der Waals surface area contributed by atoms with E-state index in [1.807, 2.05) is 13.0 Å². The minimum absolute atomic E-state index is 0.176. The SMILES string of the molecule is CCOCC(NCc1cccc([N+](=O)[O-])c1C)C(C)C. The van der Waals surface area contributed by atoms with E-state index in [1.165, 1.54) is 0 Å². The first-order valence-electron chi connectivity index (χ1n) is 7.01. The third kappa shape index (κ3) is 4.58. The first kappa shape index (κ1) is 16.6. The van der Waals surface area contributed by atoms with Crippen LogP contribution < -0.4 is 5.32 Å². The fraction of sp³-hybridized carbons (Fsp3) is 0.600. The van der Waals surface area contributed by atoms with Gasteiger partial charge in [-0.3, -0.25) is 10.1 Å². The van der Waals surface area contributed by atoms with Gasteiger partial charge in [-0.05, 0) is 25.3 Å². The fourth-order valence-corrected chi connectivity index (χ4v) is 2.03. The Morgan fingerprint density at radius 1 is 1.40 bits per heavy atom. The number of nitro benzene ring substituents is 1. The summed E-state index contributed by atoms with van der Waals surface area (Å²) >= 11 is 0. The van der Waals surface area contributed by atoms with Crippen molar-refractivity contribution >= 4 is 5.69 Å². The molecule has 0 aliphatic heterocycles. The first-order valence-corrected chi connectivity index (χ1v) is 7.01. The van der Waals surface area contributed by atoms with E-state index < -0.39 is 0 Å². The van der Waals surface area contributed by atoms with Gasteiger partial charge >= 0.3 is 0 Å². The van der Waals surface area contributed by atoms with Crippen molar-refractivity contribution in [3.05, 3.63) is 39.4 Å². The van der Waals surface area contributed by atoms with Crippen molar-refractivity contribution in [2.45, 2.75) is 40.3 Å². The molecule has 0 heterocycles. The molecule has 20 heavy (non-hydrogen) atoms. The summed E-state index contributed by atoms with van der Waals surface area (Å²) in [6, 6.07) is 5.44. The molecule has 0 radical (unpaired) electrons. The molecule has 1 aromatic carbocycles. The summed E-state index contributed by atoms with van der Waals surface area (Å²) in [6.07, 6.45) is 0. The number of nitrogens with one attached hydrogen (secondary N) is 1. The molecular formula is C15H24N2O3. The molecule has 5 heteroatoms. The van der Waals surface area contributed by atoms with Gasteiger partial charge < -0.3 is 10.1 Å². The lowest BCUT2D eigenvalue weighted by atomic mass is 10.0. The molecule has 0 spiro atoms. The first-order chi connectivity index (χ1) is 9.47. The van der Waals surface area contributed by atoms with E-state index >= 15 is 0 Å². The second-order valence-corrected chi connectivity index (χ2v) is 5.21. The highest BCUT2D eigenvalue weighted by Crippen LogP contribution is 2.21. The van der Waals surface area contributed by atoms with Crippen molar-refractivity contribution in [1.82, 2.24) is 5.32 Å². The molecule has 1 aromatic rings. The van der Waals surface area contributed by atoms with E-state index in [9.17, 15) is 10.1 Å². The lowest BCUT2D eigenvalue weighted by Crippen LogP contribution is -2.37. The predicted octanol–water partition coefficient (Wildman–Crippen LogP) is 3.05. The Balaban J connectivity index is 2.73. The normalized spacial score (nSPS) is 12.7. The van der Waals surface area contributed by atoms with Gasteiger partial charge in [-0.25, -0.2) is 0 Å². The molecule has 0 bridgehead atoms. The summed E-state index contributed by atoms with van der Waals surface area (Å²) in [4.78, 5) is 10.6. The Hall–Kier alpha value is -1.46. The third-order valence-electron chi connectivity index (χ3n) is 3.48. The predicted molar refractivity (Wildman–Crippen MR) is 79.8 cm³/mol. The molecule has 0 aliphatic carbocycles. The number of nitro groups is 1. The van der Waals surface area contributed by atoms with Crippen molar-refractivity contribution in [2.75, 3.05) is 13.2 Å². The number of ether oxygens (including phenoxy) is 1. The van der Waals surface area contributed by atoms with E-state index in [1.54, 1.807) is 19.1 Å². The summed E-state index contributed by atoms with van der Waals surface area (Å²) in [6.45, 7) is 10.0. The molecule has 0 saturated heterocycles. The summed E-state index contributed by atoms with van der Waals surface area (Å²) in [5, 5.41) is 14.4. The molecule has 1 unspecified atom stereocenters. The van der Waals surface area contributed by atoms with Crippen LogP contribution in [0.5, 0.6) is 0 Å². The smallest absolute Gasteiger partial charge is 0.272 e. The van der Waals surface area contributed by atoms with Crippen molar-refractivity contribution < 1.29 is 9.66 Å². The summed E-state index contributed by atoms with van der Waals surface area (Å²) in [5.74, 6) is 0.445. The zero-order valence-electron chi connectivity index (χ0n) is 12.7. The summed E-state index contributed by atoms with van der Waals surface area (Å²) in [5.41, 5.74) is 1.86. The van der Waals surface area contributed by atoms with Gasteiger partial charge in [-0.15, -0.1) is 0 Å². The summed E-state index contributed by atoms with van der Waals surface area (Å²) in [7, 11) is 0. The number of benzene rings is 1. The van der Waals surface area contributed by atoms with Gasteiger partial charge in [0.05, 0.1) is 11.5 Å². The van der Waals surface area contributed by atoms with E-state index in [2.05, 4.69) is 19.2 Å². The number of hydrogen-bond acceptors (Lipinski definition) is 4. The minimum Gasteiger partial charge on any atom is -0.380 e. The summed E-state index contributed by atoms with van der Waals surface area (Å²) < 4.78 is 5.47. The highest BCUT2D eigenvalue weighted by Gasteiger charge is 2.16. The maximum absolute atomic E-state index is 10.9. The average Bonchev–Trinajstić information content (AvgIpc) is 2.39. The zero-order valence-corrected chi connectivity index (χ0v) is 12.7. The lowest BCUT2D eigenvalue weighted by Gasteiger charge is -2.22. The topological polar surface area (TPSA) is 64.4 Å². The van der Waals surface area contributed by atoms with Crippen LogP contribution in [0.3, 0.4) is 0 Å². The van der Waals surface area contributed by atoms with Gasteiger partial charge in [0.25, 0.3) is 5.69 Å². The molecule has 1 rings (SSSR count). The Morgan fingerprint density at radius 2 is 2.10 bits per heavy atom. The van der Waals surface area contributed by atoms with Crippen LogP contribution in [0, 0.1) is 23.0 Å². The molecular weight excluding hydrogens is 256 g/mol. The van der Waals surface area contributed by atoms with Crippen molar-refractivity contribution in [3.63, 3.8) is 0 Å². The number of hydrogen-bond donors (Lipinski definition) is 1. The van der Waals surface area contributed by atoms with Crippen LogP contribution in [-0.4, -0.2) is 24.2 Å². The van der Waals surface area contributed by atoms with Crippen LogP contribution in [0.4, 0.5) is 5.69 Å². The second-order valence-electron chi connectivity index (χ2n) is 5.21. The molecule has 5 nitrogen and oxygen atoms in total. The number of nitrogens with zero attached hydrogens (tertiary/aromatic N) is 1. The Morgan fingerprint density at radius 3 is 2.65 bits per heavy atom. The fourth-order valence-electron chi connectivity index (χ4n) is 2.03. The van der Waals surface area contributed by atoms with E-state index in [0.717, 1.165) is 11.1 Å². The maximum atomic E-state index is 10.9. The van der Waals surface area contributed by atoms with Gasteiger partial charge in [-0.2, -0.15) is 0 Å². The highest BCUT2D eigenvalue weighted by atomic mass is 16.6. The minimum atomic E-state index is -0.334. The molecule has 112 valence electrons. The highest BCUT2D eigenvalue weighted by molar-refractivity contribution is 5.44. The van der Waals surface area contributed by atoms with Gasteiger partial charge in [-0.1, -0.05) is 26.0 Å². The average molecular weight is 280 g/mol. The molecule has 0 fully saturated rings. The molecule has 0 amide bonds. The van der Waals surface area contributed by atoms with Crippen molar-refractivity contribution in [3.8, 4) is 0 Å². The van der Waals surface area contributed by atoms with Crippen LogP contribution >= 0.6 is 0 Å². The van der Waals surface area contributed by atoms with Gasteiger partial charge in [0.15, 0.2) is 0 Å². The van der Waals surface area contributed by atoms with Gasteiger partial charge in [0.1, 0.15) is 0 Å². The van der Waals surface area contributed by atoms with Crippen LogP contribution in [0.2, 0.25) is 0 Å².